The molecule has 0 fully saturated rings. The molecule has 0 aliphatic carbocycles. The summed E-state index contributed by atoms with van der Waals surface area (Å²) in [5.74, 6) is 4.90. The van der Waals surface area contributed by atoms with Crippen molar-refractivity contribution in [2.45, 2.75) is 82.1 Å². The van der Waals surface area contributed by atoms with Gasteiger partial charge in [-0.1, -0.05) is 82.1 Å². The molecule has 0 bridgehead atoms. The van der Waals surface area contributed by atoms with Crippen molar-refractivity contribution in [1.82, 2.24) is 0 Å². The van der Waals surface area contributed by atoms with E-state index in [0.29, 0.717) is 5.41 Å². The summed E-state index contributed by atoms with van der Waals surface area (Å²) in [6.45, 7) is 24.3. The second-order valence-electron chi connectivity index (χ2n) is 7.95. The molecule has 0 saturated carbocycles. The Labute approximate surface area is 123 Å². The fraction of sp³-hybridized carbons (Fsp3) is 1.00. The predicted octanol–water partition coefficient (Wildman–Crippen LogP) is 6.65. The van der Waals surface area contributed by atoms with E-state index in [1.165, 1.54) is 12.8 Å². The van der Waals surface area contributed by atoms with Crippen molar-refractivity contribution in [3.8, 4) is 0 Å². The molecule has 0 aliphatic rings. The molecule has 0 heteroatoms. The molecule has 0 aromatic rings. The van der Waals surface area contributed by atoms with Gasteiger partial charge in [0.05, 0.1) is 0 Å². The highest BCUT2D eigenvalue weighted by molar-refractivity contribution is 4.83. The maximum absolute atomic E-state index is 2.48. The van der Waals surface area contributed by atoms with E-state index in [9.17, 15) is 0 Å². The lowest BCUT2D eigenvalue weighted by atomic mass is 9.64. The van der Waals surface area contributed by atoms with Crippen LogP contribution in [0.3, 0.4) is 0 Å². The Hall–Kier alpha value is 0. The number of hydrogen-bond acceptors (Lipinski definition) is 0. The van der Waals surface area contributed by atoms with Crippen molar-refractivity contribution in [2.24, 2.45) is 40.9 Å². The smallest absolute Gasteiger partial charge is 0.0329 e. The minimum Gasteiger partial charge on any atom is -0.0651 e. The van der Waals surface area contributed by atoms with E-state index in [0.717, 1.165) is 35.5 Å². The zero-order valence-electron chi connectivity index (χ0n) is 15.4. The van der Waals surface area contributed by atoms with Crippen LogP contribution in [0.4, 0.5) is 0 Å². The van der Waals surface area contributed by atoms with Gasteiger partial charge in [-0.2, -0.15) is 0 Å². The lowest BCUT2D eigenvalue weighted by Crippen LogP contribution is -2.34. The first-order valence-corrected chi connectivity index (χ1v) is 8.60. The Balaban J connectivity index is 4.76. The van der Waals surface area contributed by atoms with Crippen LogP contribution in [0, 0.1) is 40.9 Å². The molecule has 1 unspecified atom stereocenters. The van der Waals surface area contributed by atoms with Crippen LogP contribution in [-0.4, -0.2) is 0 Å². The molecule has 0 rings (SSSR count). The summed E-state index contributed by atoms with van der Waals surface area (Å²) in [5.41, 5.74) is 0.465. The Bertz CT molecular complexity index is 240. The van der Waals surface area contributed by atoms with E-state index in [-0.39, 0.29) is 0 Å². The molecule has 0 aromatic carbocycles. The van der Waals surface area contributed by atoms with E-state index >= 15 is 0 Å². The second kappa shape index (κ2) is 7.70. The minimum absolute atomic E-state index is 0.465. The van der Waals surface area contributed by atoms with Crippen LogP contribution in [0.2, 0.25) is 0 Å². The molecule has 0 aromatic heterocycles. The van der Waals surface area contributed by atoms with Crippen LogP contribution < -0.4 is 0 Å². The van der Waals surface area contributed by atoms with Crippen LogP contribution in [0.5, 0.6) is 0 Å². The Morgan fingerprint density at radius 2 is 1.11 bits per heavy atom. The molecular weight excluding hydrogens is 228 g/mol. The van der Waals surface area contributed by atoms with Gasteiger partial charge in [-0.05, 0) is 40.9 Å². The van der Waals surface area contributed by atoms with Gasteiger partial charge in [0.15, 0.2) is 0 Å². The summed E-state index contributed by atoms with van der Waals surface area (Å²) in [5, 5.41) is 0. The van der Waals surface area contributed by atoms with Gasteiger partial charge in [0.1, 0.15) is 0 Å². The largest absolute Gasteiger partial charge is 0.0651 e. The quantitative estimate of drug-likeness (QED) is 0.462. The third-order valence-electron chi connectivity index (χ3n) is 6.96. The van der Waals surface area contributed by atoms with Crippen molar-refractivity contribution in [1.29, 1.82) is 0 Å². The molecule has 0 nitrogen and oxygen atoms in total. The Morgan fingerprint density at radius 3 is 1.47 bits per heavy atom. The highest BCUT2D eigenvalue weighted by atomic mass is 14.4. The van der Waals surface area contributed by atoms with Gasteiger partial charge >= 0.3 is 0 Å². The van der Waals surface area contributed by atoms with Crippen LogP contribution in [0.25, 0.3) is 0 Å². The van der Waals surface area contributed by atoms with E-state index in [4.69, 9.17) is 0 Å². The lowest BCUT2D eigenvalue weighted by molar-refractivity contribution is 0.0764. The fourth-order valence-electron chi connectivity index (χ4n) is 3.34. The van der Waals surface area contributed by atoms with Gasteiger partial charge in [-0.3, -0.25) is 0 Å². The summed E-state index contributed by atoms with van der Waals surface area (Å²) in [6, 6.07) is 0. The molecule has 116 valence electrons. The molecule has 0 spiro atoms. The Kier molecular flexibility index (Phi) is 7.70. The lowest BCUT2D eigenvalue weighted by Gasteiger charge is -2.41. The molecule has 0 amide bonds. The highest BCUT2D eigenvalue weighted by Gasteiger charge is 2.34. The van der Waals surface area contributed by atoms with Crippen LogP contribution >= 0.6 is 0 Å². The average molecular weight is 269 g/mol. The number of rotatable bonds is 8. The fourth-order valence-corrected chi connectivity index (χ4v) is 3.34. The van der Waals surface area contributed by atoms with Gasteiger partial charge in [-0.15, -0.1) is 0 Å². The maximum Gasteiger partial charge on any atom is -0.0329 e. The van der Waals surface area contributed by atoms with Gasteiger partial charge in [0, 0.05) is 0 Å². The second-order valence-corrected chi connectivity index (χ2v) is 7.95. The maximum atomic E-state index is 2.48. The van der Waals surface area contributed by atoms with Crippen molar-refractivity contribution in [3.05, 3.63) is 0 Å². The van der Waals surface area contributed by atoms with E-state index in [1.54, 1.807) is 0 Å². The highest BCUT2D eigenvalue weighted by Crippen LogP contribution is 2.42. The average Bonchev–Trinajstić information content (AvgIpc) is 2.41. The molecule has 0 saturated heterocycles. The SMILES string of the molecule is CC[C@H](C)[C@H](C)[C@H](C)C(C)[C@H](C)[C@H](C)C(C)(C)CC. The summed E-state index contributed by atoms with van der Waals surface area (Å²) in [6.07, 6.45) is 2.59. The van der Waals surface area contributed by atoms with Gasteiger partial charge < -0.3 is 0 Å². The molecule has 6 atom stereocenters. The monoisotopic (exact) mass is 268 g/mol. The molecular formula is C19H40. The zero-order valence-corrected chi connectivity index (χ0v) is 15.4. The van der Waals surface area contributed by atoms with Gasteiger partial charge in [0.2, 0.25) is 0 Å². The molecule has 0 radical (unpaired) electrons. The van der Waals surface area contributed by atoms with E-state index in [1.807, 2.05) is 0 Å². The summed E-state index contributed by atoms with van der Waals surface area (Å²) >= 11 is 0. The summed E-state index contributed by atoms with van der Waals surface area (Å²) < 4.78 is 0. The summed E-state index contributed by atoms with van der Waals surface area (Å²) in [7, 11) is 0. The third kappa shape index (κ3) is 4.80. The molecule has 0 heterocycles. The minimum atomic E-state index is 0.465. The van der Waals surface area contributed by atoms with Crippen molar-refractivity contribution in [2.75, 3.05) is 0 Å². The zero-order chi connectivity index (χ0) is 15.4. The van der Waals surface area contributed by atoms with Crippen molar-refractivity contribution < 1.29 is 0 Å². The normalized spacial score (nSPS) is 22.4. The van der Waals surface area contributed by atoms with E-state index < -0.39 is 0 Å². The standard InChI is InChI=1S/C19H40/c1-11-13(3)14(4)15(5)16(6)17(7)18(8)19(9,10)12-2/h13-18H,11-12H2,1-10H3/t13-,14-,15-,16?,17-,18-/m0/s1. The van der Waals surface area contributed by atoms with Crippen LogP contribution in [0.1, 0.15) is 82.1 Å². The van der Waals surface area contributed by atoms with Gasteiger partial charge in [-0.25, -0.2) is 0 Å². The molecule has 0 N–H and O–H groups in total. The third-order valence-corrected chi connectivity index (χ3v) is 6.96. The first-order valence-electron chi connectivity index (χ1n) is 8.60. The van der Waals surface area contributed by atoms with Crippen molar-refractivity contribution in [3.63, 3.8) is 0 Å². The summed E-state index contributed by atoms with van der Waals surface area (Å²) in [4.78, 5) is 0. The van der Waals surface area contributed by atoms with E-state index in [2.05, 4.69) is 69.2 Å². The topological polar surface area (TPSA) is 0 Å². The molecule has 0 aliphatic heterocycles. The van der Waals surface area contributed by atoms with Crippen molar-refractivity contribution >= 4 is 0 Å². The van der Waals surface area contributed by atoms with Crippen LogP contribution in [0.15, 0.2) is 0 Å². The predicted molar refractivity (Wildman–Crippen MR) is 89.3 cm³/mol. The number of hydrogen-bond donors (Lipinski definition) is 0. The first-order chi connectivity index (χ1) is 8.60. The van der Waals surface area contributed by atoms with Crippen LogP contribution in [-0.2, 0) is 0 Å². The van der Waals surface area contributed by atoms with Gasteiger partial charge in [0.25, 0.3) is 0 Å². The Morgan fingerprint density at radius 1 is 0.684 bits per heavy atom. The first kappa shape index (κ1) is 19.0. The molecule has 19 heavy (non-hydrogen) atoms.